The average Bonchev–Trinajstić information content (AvgIpc) is 2.21. The lowest BCUT2D eigenvalue weighted by molar-refractivity contribution is 0.166. The summed E-state index contributed by atoms with van der Waals surface area (Å²) in [7, 11) is 1.57. The summed E-state index contributed by atoms with van der Waals surface area (Å²) in [6.45, 7) is 2.32. The highest BCUT2D eigenvalue weighted by molar-refractivity contribution is 6.31. The predicted molar refractivity (Wildman–Crippen MR) is 61.4 cm³/mol. The number of benzene rings is 1. The summed E-state index contributed by atoms with van der Waals surface area (Å²) in [6, 6.07) is 3.62. The molecule has 15 heavy (non-hydrogen) atoms. The van der Waals surface area contributed by atoms with Gasteiger partial charge in [-0.15, -0.1) is 0 Å². The fraction of sp³-hybridized carbons (Fsp3) is 0.455. The first-order valence-electron chi connectivity index (χ1n) is 4.83. The van der Waals surface area contributed by atoms with E-state index in [4.69, 9.17) is 22.1 Å². The van der Waals surface area contributed by atoms with Crippen LogP contribution in [0.15, 0.2) is 12.1 Å². The molecule has 0 heterocycles. The Bertz CT molecular complexity index is 342. The number of ether oxygens (including phenoxy) is 1. The van der Waals surface area contributed by atoms with Gasteiger partial charge in [-0.2, -0.15) is 0 Å². The third-order valence-corrected chi connectivity index (χ3v) is 2.65. The molecule has 84 valence electrons. The summed E-state index contributed by atoms with van der Waals surface area (Å²) < 4.78 is 5.24. The van der Waals surface area contributed by atoms with Crippen molar-refractivity contribution in [2.24, 2.45) is 5.73 Å². The molecule has 0 radical (unpaired) electrons. The minimum atomic E-state index is -0.669. The molecule has 1 aromatic rings. The Hall–Kier alpha value is -0.770. The summed E-state index contributed by atoms with van der Waals surface area (Å²) in [6.07, 6.45) is -0.197. The van der Waals surface area contributed by atoms with Crippen molar-refractivity contribution >= 4 is 11.6 Å². The summed E-state index contributed by atoms with van der Waals surface area (Å²) in [5, 5.41) is 10.4. The molecule has 0 aromatic heterocycles. The first-order chi connectivity index (χ1) is 7.11. The molecular weight excluding hydrogens is 214 g/mol. The van der Waals surface area contributed by atoms with E-state index in [-0.39, 0.29) is 0 Å². The number of rotatable bonds is 4. The van der Waals surface area contributed by atoms with Crippen LogP contribution in [0.5, 0.6) is 5.75 Å². The second-order valence-electron chi connectivity index (χ2n) is 3.40. The SMILES string of the molecule is COc1c(C)ccc(Cl)c1C(O)CCN. The van der Waals surface area contributed by atoms with Crippen LogP contribution in [0.2, 0.25) is 5.02 Å². The maximum atomic E-state index is 9.89. The number of hydrogen-bond donors (Lipinski definition) is 2. The number of aryl methyl sites for hydroxylation is 1. The molecule has 1 aromatic carbocycles. The summed E-state index contributed by atoms with van der Waals surface area (Å²) >= 11 is 6.03. The van der Waals surface area contributed by atoms with Crippen LogP contribution in [0.1, 0.15) is 23.7 Å². The Morgan fingerprint density at radius 1 is 1.53 bits per heavy atom. The van der Waals surface area contributed by atoms with Crippen molar-refractivity contribution < 1.29 is 9.84 Å². The fourth-order valence-corrected chi connectivity index (χ4v) is 1.84. The van der Waals surface area contributed by atoms with Crippen LogP contribution >= 0.6 is 11.6 Å². The summed E-state index contributed by atoms with van der Waals surface area (Å²) in [5.74, 6) is 0.642. The molecule has 3 nitrogen and oxygen atoms in total. The van der Waals surface area contributed by atoms with Crippen molar-refractivity contribution in [2.45, 2.75) is 19.4 Å². The fourth-order valence-electron chi connectivity index (χ4n) is 1.57. The second kappa shape index (κ2) is 5.35. The number of methoxy groups -OCH3 is 1. The lowest BCUT2D eigenvalue weighted by Crippen LogP contribution is -2.09. The lowest BCUT2D eigenvalue weighted by atomic mass is 10.0. The van der Waals surface area contributed by atoms with Crippen LogP contribution in [0, 0.1) is 6.92 Å². The van der Waals surface area contributed by atoms with Crippen LogP contribution in [0.4, 0.5) is 0 Å². The molecule has 1 atom stereocenters. The van der Waals surface area contributed by atoms with Gasteiger partial charge < -0.3 is 15.6 Å². The summed E-state index contributed by atoms with van der Waals surface area (Å²) in [4.78, 5) is 0. The van der Waals surface area contributed by atoms with Crippen LogP contribution in [0.3, 0.4) is 0 Å². The maximum absolute atomic E-state index is 9.89. The van der Waals surface area contributed by atoms with Crippen LogP contribution < -0.4 is 10.5 Å². The van der Waals surface area contributed by atoms with Gasteiger partial charge in [0.2, 0.25) is 0 Å². The molecule has 0 bridgehead atoms. The highest BCUT2D eigenvalue weighted by Crippen LogP contribution is 2.35. The van der Waals surface area contributed by atoms with Crippen molar-refractivity contribution in [3.63, 3.8) is 0 Å². The molecule has 1 unspecified atom stereocenters. The molecule has 0 spiro atoms. The van der Waals surface area contributed by atoms with E-state index in [2.05, 4.69) is 0 Å². The zero-order valence-electron chi connectivity index (χ0n) is 8.96. The van der Waals surface area contributed by atoms with Gasteiger partial charge in [-0.3, -0.25) is 0 Å². The predicted octanol–water partition coefficient (Wildman–Crippen LogP) is 2.04. The molecule has 0 fully saturated rings. The molecule has 0 saturated heterocycles. The molecule has 0 saturated carbocycles. The largest absolute Gasteiger partial charge is 0.496 e. The van der Waals surface area contributed by atoms with E-state index < -0.39 is 6.10 Å². The molecule has 3 N–H and O–H groups in total. The van der Waals surface area contributed by atoms with Gasteiger partial charge in [0.25, 0.3) is 0 Å². The van der Waals surface area contributed by atoms with Crippen LogP contribution in [0.25, 0.3) is 0 Å². The quantitative estimate of drug-likeness (QED) is 0.831. The minimum absolute atomic E-state index is 0.411. The first-order valence-corrected chi connectivity index (χ1v) is 5.20. The van der Waals surface area contributed by atoms with Gasteiger partial charge >= 0.3 is 0 Å². The van der Waals surface area contributed by atoms with Crippen molar-refractivity contribution in [3.8, 4) is 5.75 Å². The van der Waals surface area contributed by atoms with Crippen molar-refractivity contribution in [3.05, 3.63) is 28.3 Å². The molecule has 4 heteroatoms. The highest BCUT2D eigenvalue weighted by atomic mass is 35.5. The van der Waals surface area contributed by atoms with Gasteiger partial charge in [0.15, 0.2) is 0 Å². The Balaban J connectivity index is 3.18. The number of aliphatic hydroxyl groups is 1. The van der Waals surface area contributed by atoms with Crippen molar-refractivity contribution in [1.82, 2.24) is 0 Å². The maximum Gasteiger partial charge on any atom is 0.129 e. The molecular formula is C11H16ClNO2. The molecule has 1 rings (SSSR count). The zero-order chi connectivity index (χ0) is 11.4. The van der Waals surface area contributed by atoms with E-state index in [1.54, 1.807) is 13.2 Å². The number of halogens is 1. The number of hydrogen-bond acceptors (Lipinski definition) is 3. The topological polar surface area (TPSA) is 55.5 Å². The van der Waals surface area contributed by atoms with E-state index in [0.717, 1.165) is 5.56 Å². The van der Waals surface area contributed by atoms with Gasteiger partial charge in [-0.1, -0.05) is 17.7 Å². The van der Waals surface area contributed by atoms with Gasteiger partial charge in [-0.25, -0.2) is 0 Å². The Morgan fingerprint density at radius 3 is 2.73 bits per heavy atom. The molecule has 0 aliphatic rings. The normalized spacial score (nSPS) is 12.6. The Kier molecular flexibility index (Phi) is 4.39. The highest BCUT2D eigenvalue weighted by Gasteiger charge is 2.18. The average molecular weight is 230 g/mol. The van der Waals surface area contributed by atoms with Gasteiger partial charge in [0.05, 0.1) is 18.2 Å². The Morgan fingerprint density at radius 2 is 2.20 bits per heavy atom. The van der Waals surface area contributed by atoms with E-state index in [0.29, 0.717) is 29.3 Å². The van der Waals surface area contributed by atoms with E-state index >= 15 is 0 Å². The number of nitrogens with two attached hydrogens (primary N) is 1. The lowest BCUT2D eigenvalue weighted by Gasteiger charge is -2.17. The van der Waals surface area contributed by atoms with Crippen molar-refractivity contribution in [2.75, 3.05) is 13.7 Å². The molecule has 0 aliphatic heterocycles. The van der Waals surface area contributed by atoms with Crippen LogP contribution in [-0.4, -0.2) is 18.8 Å². The van der Waals surface area contributed by atoms with Gasteiger partial charge in [-0.05, 0) is 31.5 Å². The molecule has 0 amide bonds. The van der Waals surface area contributed by atoms with Gasteiger partial charge in [0.1, 0.15) is 5.75 Å². The number of aliphatic hydroxyl groups excluding tert-OH is 1. The molecule has 0 aliphatic carbocycles. The third kappa shape index (κ3) is 2.62. The van der Waals surface area contributed by atoms with E-state index in [9.17, 15) is 5.11 Å². The minimum Gasteiger partial charge on any atom is -0.496 e. The van der Waals surface area contributed by atoms with Crippen molar-refractivity contribution in [1.29, 1.82) is 0 Å². The monoisotopic (exact) mass is 229 g/mol. The standard InChI is InChI=1S/C11H16ClNO2/c1-7-3-4-8(12)10(11(7)15-2)9(14)5-6-13/h3-4,9,14H,5-6,13H2,1-2H3. The van der Waals surface area contributed by atoms with Gasteiger partial charge in [0, 0.05) is 5.56 Å². The third-order valence-electron chi connectivity index (χ3n) is 2.32. The second-order valence-corrected chi connectivity index (χ2v) is 3.81. The van der Waals surface area contributed by atoms with E-state index in [1.165, 1.54) is 0 Å². The summed E-state index contributed by atoms with van der Waals surface area (Å²) in [5.41, 5.74) is 6.98. The smallest absolute Gasteiger partial charge is 0.129 e. The first kappa shape index (κ1) is 12.3. The zero-order valence-corrected chi connectivity index (χ0v) is 9.71. The van der Waals surface area contributed by atoms with E-state index in [1.807, 2.05) is 13.0 Å². The Labute approximate surface area is 94.8 Å². The van der Waals surface area contributed by atoms with Crippen LogP contribution in [-0.2, 0) is 0 Å².